The molecule has 18 heavy (non-hydrogen) atoms. The van der Waals surface area contributed by atoms with Crippen molar-refractivity contribution in [2.45, 2.75) is 51.7 Å². The van der Waals surface area contributed by atoms with Crippen molar-refractivity contribution in [1.82, 2.24) is 5.32 Å². The maximum atomic E-state index is 14.3. The third kappa shape index (κ3) is 2.36. The zero-order valence-electron chi connectivity index (χ0n) is 12.0. The van der Waals surface area contributed by atoms with Crippen molar-refractivity contribution in [3.05, 3.63) is 11.3 Å². The summed E-state index contributed by atoms with van der Waals surface area (Å²) in [6.07, 6.45) is 1.63. The highest BCUT2D eigenvalue weighted by molar-refractivity contribution is 6.53. The summed E-state index contributed by atoms with van der Waals surface area (Å²) in [5.41, 5.74) is -0.289. The normalized spacial score (nSPS) is 29.3. The smallest absolute Gasteiger partial charge is 0.398 e. The number of halogens is 1. The molecule has 102 valence electrons. The molecule has 1 heterocycles. The second-order valence-corrected chi connectivity index (χ2v) is 6.37. The van der Waals surface area contributed by atoms with Gasteiger partial charge in [0.05, 0.1) is 11.2 Å². The van der Waals surface area contributed by atoms with E-state index in [2.05, 4.69) is 5.32 Å². The van der Waals surface area contributed by atoms with E-state index in [4.69, 9.17) is 9.31 Å². The molecule has 0 amide bonds. The molecule has 0 bridgehead atoms. The summed E-state index contributed by atoms with van der Waals surface area (Å²) in [5.74, 6) is 0.554. The lowest BCUT2D eigenvalue weighted by molar-refractivity contribution is 0.00578. The molecular formula is C13H23BFNO2. The summed E-state index contributed by atoms with van der Waals surface area (Å²) in [4.78, 5) is 0. The predicted octanol–water partition coefficient (Wildman–Crippen LogP) is 2.47. The second kappa shape index (κ2) is 4.62. The van der Waals surface area contributed by atoms with E-state index in [1.165, 1.54) is 0 Å². The van der Waals surface area contributed by atoms with Gasteiger partial charge in [-0.1, -0.05) is 0 Å². The van der Waals surface area contributed by atoms with Crippen LogP contribution in [-0.4, -0.2) is 31.9 Å². The Morgan fingerprint density at radius 3 is 2.22 bits per heavy atom. The lowest BCUT2D eigenvalue weighted by Crippen LogP contribution is -2.41. The number of hydrogen-bond donors (Lipinski definition) is 1. The fourth-order valence-electron chi connectivity index (χ4n) is 2.38. The van der Waals surface area contributed by atoms with E-state index >= 15 is 0 Å². The molecule has 0 atom stereocenters. The van der Waals surface area contributed by atoms with Crippen molar-refractivity contribution < 1.29 is 13.7 Å². The van der Waals surface area contributed by atoms with Crippen LogP contribution < -0.4 is 5.32 Å². The van der Waals surface area contributed by atoms with E-state index in [1.807, 2.05) is 34.7 Å². The molecule has 1 N–H and O–H groups in total. The minimum Gasteiger partial charge on any atom is -0.398 e. The van der Waals surface area contributed by atoms with Gasteiger partial charge < -0.3 is 14.6 Å². The lowest BCUT2D eigenvalue weighted by atomic mass is 9.72. The molecule has 0 aromatic heterocycles. The van der Waals surface area contributed by atoms with Crippen molar-refractivity contribution in [2.75, 3.05) is 13.6 Å². The van der Waals surface area contributed by atoms with Crippen LogP contribution in [0.15, 0.2) is 11.3 Å². The van der Waals surface area contributed by atoms with E-state index in [1.54, 1.807) is 0 Å². The molecule has 2 rings (SSSR count). The molecule has 0 unspecified atom stereocenters. The molecule has 1 aliphatic heterocycles. The van der Waals surface area contributed by atoms with Crippen molar-refractivity contribution in [1.29, 1.82) is 0 Å². The number of hydrogen-bond acceptors (Lipinski definition) is 3. The quantitative estimate of drug-likeness (QED) is 0.786. The molecule has 1 aliphatic carbocycles. The van der Waals surface area contributed by atoms with Crippen LogP contribution in [0.2, 0.25) is 0 Å². The predicted molar refractivity (Wildman–Crippen MR) is 70.9 cm³/mol. The molecule has 0 spiro atoms. The first-order valence-electron chi connectivity index (χ1n) is 6.64. The lowest BCUT2D eigenvalue weighted by Gasteiger charge is -2.32. The Hall–Kier alpha value is -0.385. The van der Waals surface area contributed by atoms with Gasteiger partial charge in [0.15, 0.2) is 0 Å². The fraction of sp³-hybridized carbons (Fsp3) is 0.846. The first-order valence-corrected chi connectivity index (χ1v) is 6.64. The molecule has 2 fully saturated rings. The van der Waals surface area contributed by atoms with Crippen LogP contribution in [0.3, 0.4) is 0 Å². The van der Waals surface area contributed by atoms with Gasteiger partial charge in [0, 0.05) is 0 Å². The Morgan fingerprint density at radius 2 is 1.78 bits per heavy atom. The topological polar surface area (TPSA) is 30.5 Å². The molecular weight excluding hydrogens is 232 g/mol. The van der Waals surface area contributed by atoms with E-state index in [-0.39, 0.29) is 5.73 Å². The summed E-state index contributed by atoms with van der Waals surface area (Å²) in [5, 5.41) is 3.12. The summed E-state index contributed by atoms with van der Waals surface area (Å²) in [6, 6.07) is 0. The Morgan fingerprint density at radius 1 is 1.28 bits per heavy atom. The number of nitrogens with one attached hydrogen (secondary N) is 1. The third-order valence-electron chi connectivity index (χ3n) is 4.36. The van der Waals surface area contributed by atoms with Crippen LogP contribution in [0.5, 0.6) is 0 Å². The van der Waals surface area contributed by atoms with Crippen LogP contribution in [0.25, 0.3) is 0 Å². The van der Waals surface area contributed by atoms with Gasteiger partial charge in [0.1, 0.15) is 5.73 Å². The first-order chi connectivity index (χ1) is 8.27. The molecule has 0 aromatic rings. The highest BCUT2D eigenvalue weighted by Crippen LogP contribution is 2.42. The summed E-state index contributed by atoms with van der Waals surface area (Å²) < 4.78 is 25.7. The van der Waals surface area contributed by atoms with Crippen molar-refractivity contribution in [2.24, 2.45) is 5.92 Å². The summed E-state index contributed by atoms with van der Waals surface area (Å²) in [7, 11) is 1.10. The van der Waals surface area contributed by atoms with Crippen molar-refractivity contribution >= 4 is 7.12 Å². The first kappa shape index (κ1) is 14.0. The van der Waals surface area contributed by atoms with Gasteiger partial charge >= 0.3 is 7.12 Å². The Bertz CT molecular complexity index is 344. The maximum Gasteiger partial charge on any atom is 0.525 e. The van der Waals surface area contributed by atoms with Gasteiger partial charge in [0.2, 0.25) is 0 Å². The third-order valence-corrected chi connectivity index (χ3v) is 4.36. The van der Waals surface area contributed by atoms with Gasteiger partial charge in [-0.3, -0.25) is 0 Å². The van der Waals surface area contributed by atoms with Gasteiger partial charge in [-0.25, -0.2) is 4.39 Å². The number of allylic oxidation sites excluding steroid dienone is 1. The van der Waals surface area contributed by atoms with Gasteiger partial charge in [-0.15, -0.1) is 0 Å². The molecule has 0 aromatic carbocycles. The van der Waals surface area contributed by atoms with Crippen LogP contribution in [-0.2, 0) is 9.31 Å². The molecule has 0 radical (unpaired) electrons. The minimum atomic E-state index is -0.819. The van der Waals surface area contributed by atoms with E-state index in [9.17, 15) is 4.39 Å². The average Bonchev–Trinajstić information content (AvgIpc) is 2.40. The second-order valence-electron chi connectivity index (χ2n) is 6.37. The maximum absolute atomic E-state index is 14.3. The van der Waals surface area contributed by atoms with Gasteiger partial charge in [0.25, 0.3) is 0 Å². The molecule has 2 aliphatic rings. The van der Waals surface area contributed by atoms with Crippen LogP contribution in [0, 0.1) is 5.92 Å². The van der Waals surface area contributed by atoms with Crippen LogP contribution in [0.1, 0.15) is 40.5 Å². The zero-order chi connectivity index (χ0) is 13.6. The molecule has 3 nitrogen and oxygen atoms in total. The largest absolute Gasteiger partial charge is 0.525 e. The van der Waals surface area contributed by atoms with Crippen molar-refractivity contribution in [3.8, 4) is 0 Å². The van der Waals surface area contributed by atoms with Gasteiger partial charge in [-0.2, -0.15) is 0 Å². The van der Waals surface area contributed by atoms with Crippen LogP contribution in [0.4, 0.5) is 4.39 Å². The Labute approximate surface area is 109 Å². The highest BCUT2D eigenvalue weighted by atomic mass is 19.1. The van der Waals surface area contributed by atoms with E-state index in [0.29, 0.717) is 5.92 Å². The standard InChI is InChI=1S/C13H23BFNO2/c1-12(2)13(3,4)18-14(17-12)11(15)10-6-9(7-10)8-16-5/h9,16H,6-8H2,1-5H3. The van der Waals surface area contributed by atoms with Crippen LogP contribution >= 0.6 is 0 Å². The van der Waals surface area contributed by atoms with E-state index < -0.39 is 18.3 Å². The number of rotatable bonds is 3. The molecule has 5 heteroatoms. The summed E-state index contributed by atoms with van der Waals surface area (Å²) in [6.45, 7) is 8.70. The SMILES string of the molecule is CNCC1CC(=C(F)B2OC(C)(C)C(C)(C)O2)C1. The minimum absolute atomic E-state index is 0.207. The Balaban J connectivity index is 2.01. The average molecular weight is 255 g/mol. The Kier molecular flexibility index (Phi) is 3.60. The highest BCUT2D eigenvalue weighted by Gasteiger charge is 2.54. The fourth-order valence-corrected chi connectivity index (χ4v) is 2.38. The molecule has 1 saturated heterocycles. The summed E-state index contributed by atoms with van der Waals surface area (Å²) >= 11 is 0. The zero-order valence-corrected chi connectivity index (χ0v) is 12.0. The molecule has 1 saturated carbocycles. The van der Waals surface area contributed by atoms with Crippen molar-refractivity contribution in [3.63, 3.8) is 0 Å². The van der Waals surface area contributed by atoms with Gasteiger partial charge in [-0.05, 0) is 65.6 Å². The monoisotopic (exact) mass is 255 g/mol. The van der Waals surface area contributed by atoms with E-state index in [0.717, 1.165) is 25.0 Å².